The highest BCUT2D eigenvalue weighted by Crippen LogP contribution is 2.34. The first-order chi connectivity index (χ1) is 13.0. The molecule has 1 saturated heterocycles. The predicted octanol–water partition coefficient (Wildman–Crippen LogP) is 3.84. The van der Waals surface area contributed by atoms with E-state index in [0.717, 1.165) is 22.3 Å². The third-order valence-corrected chi connectivity index (χ3v) is 4.91. The van der Waals surface area contributed by atoms with Crippen molar-refractivity contribution in [3.63, 3.8) is 0 Å². The number of hydrogen-bond acceptors (Lipinski definition) is 7. The van der Waals surface area contributed by atoms with E-state index in [1.54, 1.807) is 49.6 Å². The summed E-state index contributed by atoms with van der Waals surface area (Å²) < 4.78 is 5.35. The first-order valence-electron chi connectivity index (χ1n) is 7.69. The molecule has 7 nitrogen and oxygen atoms in total. The van der Waals surface area contributed by atoms with Crippen LogP contribution in [0.3, 0.4) is 0 Å². The molecule has 2 aromatic rings. The van der Waals surface area contributed by atoms with E-state index in [4.69, 9.17) is 17.0 Å². The number of rotatable bonds is 5. The van der Waals surface area contributed by atoms with E-state index in [1.165, 1.54) is 18.4 Å². The highest BCUT2D eigenvalue weighted by Gasteiger charge is 2.32. The summed E-state index contributed by atoms with van der Waals surface area (Å²) in [5.74, 6) is 0.290. The molecular weight excluding hydrogens is 386 g/mol. The number of methoxy groups -OCH3 is 1. The van der Waals surface area contributed by atoms with Crippen molar-refractivity contribution in [3.05, 3.63) is 74.7 Å². The van der Waals surface area contributed by atoms with Crippen molar-refractivity contribution in [2.75, 3.05) is 7.11 Å². The van der Waals surface area contributed by atoms with Crippen LogP contribution in [0.2, 0.25) is 0 Å². The third-order valence-electron chi connectivity index (χ3n) is 3.63. The second kappa shape index (κ2) is 8.11. The van der Waals surface area contributed by atoms with Crippen LogP contribution >= 0.6 is 24.0 Å². The van der Waals surface area contributed by atoms with Gasteiger partial charge in [-0.25, -0.2) is 0 Å². The molecule has 1 amide bonds. The highest BCUT2D eigenvalue weighted by molar-refractivity contribution is 8.26. The molecule has 1 aliphatic rings. The summed E-state index contributed by atoms with van der Waals surface area (Å²) in [7, 11) is 1.58. The summed E-state index contributed by atoms with van der Waals surface area (Å²) in [6, 6.07) is 13.3. The summed E-state index contributed by atoms with van der Waals surface area (Å²) in [6.45, 7) is 0. The predicted molar refractivity (Wildman–Crippen MR) is 109 cm³/mol. The van der Waals surface area contributed by atoms with Gasteiger partial charge in [-0.3, -0.25) is 14.9 Å². The number of nitro benzene ring substituents is 1. The molecule has 9 heteroatoms. The number of hydrazone groups is 1. The Bertz CT molecular complexity index is 971. The van der Waals surface area contributed by atoms with E-state index in [9.17, 15) is 14.9 Å². The normalized spacial score (nSPS) is 15.7. The molecule has 0 atom stereocenters. The molecule has 0 bridgehead atoms. The number of thiocarbonyl (C=S) groups is 1. The molecule has 3 rings (SSSR count). The lowest BCUT2D eigenvalue weighted by Gasteiger charge is -2.06. The average molecular weight is 399 g/mol. The topological polar surface area (TPSA) is 85.0 Å². The molecule has 0 unspecified atom stereocenters. The number of amides is 1. The van der Waals surface area contributed by atoms with E-state index in [-0.39, 0.29) is 14.9 Å². The molecule has 0 saturated carbocycles. The Labute approximate surface area is 164 Å². The van der Waals surface area contributed by atoms with Gasteiger partial charge in [-0.1, -0.05) is 23.9 Å². The molecule has 27 heavy (non-hydrogen) atoms. The smallest absolute Gasteiger partial charge is 0.286 e. The highest BCUT2D eigenvalue weighted by atomic mass is 32.2. The summed E-state index contributed by atoms with van der Waals surface area (Å²) >= 11 is 6.26. The SMILES string of the molecule is COc1ccc(C=NN2C(=O)C(=Cc3ccccc3[N+](=O)[O-])SC2=S)cc1. The molecule has 0 N–H and O–H groups in total. The number of carbonyl (C=O) groups is 1. The van der Waals surface area contributed by atoms with Gasteiger partial charge in [0, 0.05) is 6.07 Å². The van der Waals surface area contributed by atoms with Gasteiger partial charge < -0.3 is 4.74 Å². The van der Waals surface area contributed by atoms with E-state index in [0.29, 0.717) is 11.3 Å². The molecule has 2 aromatic carbocycles. The zero-order valence-corrected chi connectivity index (χ0v) is 15.7. The van der Waals surface area contributed by atoms with Crippen LogP contribution < -0.4 is 4.74 Å². The Morgan fingerprint density at radius 1 is 1.22 bits per heavy atom. The van der Waals surface area contributed by atoms with Crippen LogP contribution in [0.4, 0.5) is 5.69 Å². The van der Waals surface area contributed by atoms with Gasteiger partial charge in [0.1, 0.15) is 5.75 Å². The number of para-hydroxylation sites is 1. The van der Waals surface area contributed by atoms with Crippen molar-refractivity contribution in [2.24, 2.45) is 5.10 Å². The van der Waals surface area contributed by atoms with Gasteiger partial charge in [0.05, 0.1) is 28.7 Å². The van der Waals surface area contributed by atoms with Crippen LogP contribution in [-0.4, -0.2) is 33.5 Å². The fourth-order valence-corrected chi connectivity index (χ4v) is 3.45. The lowest BCUT2D eigenvalue weighted by atomic mass is 10.1. The van der Waals surface area contributed by atoms with Crippen LogP contribution in [0, 0.1) is 10.1 Å². The van der Waals surface area contributed by atoms with E-state index < -0.39 is 10.8 Å². The van der Waals surface area contributed by atoms with Crippen molar-refractivity contribution in [2.45, 2.75) is 0 Å². The summed E-state index contributed by atoms with van der Waals surface area (Å²) in [5.41, 5.74) is 1.03. The largest absolute Gasteiger partial charge is 0.497 e. The van der Waals surface area contributed by atoms with Gasteiger partial charge in [-0.2, -0.15) is 10.1 Å². The summed E-state index contributed by atoms with van der Waals surface area (Å²) in [5, 5.41) is 16.4. The van der Waals surface area contributed by atoms with Crippen molar-refractivity contribution >= 4 is 52.2 Å². The van der Waals surface area contributed by atoms with Gasteiger partial charge in [-0.05, 0) is 54.2 Å². The molecular formula is C18H13N3O4S2. The molecule has 1 aliphatic heterocycles. The summed E-state index contributed by atoms with van der Waals surface area (Å²) in [4.78, 5) is 23.5. The van der Waals surface area contributed by atoms with Gasteiger partial charge in [-0.15, -0.1) is 0 Å². The maximum Gasteiger partial charge on any atom is 0.286 e. The Morgan fingerprint density at radius 3 is 2.59 bits per heavy atom. The number of nitrogens with zero attached hydrogens (tertiary/aromatic N) is 3. The number of ether oxygens (including phenoxy) is 1. The number of benzene rings is 2. The fraction of sp³-hybridized carbons (Fsp3) is 0.0556. The number of carbonyl (C=O) groups excluding carboxylic acids is 1. The minimum atomic E-state index is -0.492. The first-order valence-corrected chi connectivity index (χ1v) is 8.91. The van der Waals surface area contributed by atoms with Gasteiger partial charge in [0.15, 0.2) is 4.32 Å². The zero-order chi connectivity index (χ0) is 19.4. The monoisotopic (exact) mass is 399 g/mol. The van der Waals surface area contributed by atoms with Crippen molar-refractivity contribution in [1.29, 1.82) is 0 Å². The quantitative estimate of drug-likeness (QED) is 0.250. The number of nitro groups is 1. The fourth-order valence-electron chi connectivity index (χ4n) is 2.29. The molecule has 1 fully saturated rings. The van der Waals surface area contributed by atoms with Crippen molar-refractivity contribution in [3.8, 4) is 5.75 Å². The lowest BCUT2D eigenvalue weighted by molar-refractivity contribution is -0.385. The van der Waals surface area contributed by atoms with Gasteiger partial charge in [0.2, 0.25) is 0 Å². The van der Waals surface area contributed by atoms with Crippen molar-refractivity contribution in [1.82, 2.24) is 5.01 Å². The Balaban J connectivity index is 1.82. The second-order valence-electron chi connectivity index (χ2n) is 5.33. The van der Waals surface area contributed by atoms with Gasteiger partial charge >= 0.3 is 0 Å². The molecule has 0 spiro atoms. The second-order valence-corrected chi connectivity index (χ2v) is 7.00. The molecule has 136 valence electrons. The van der Waals surface area contributed by atoms with Crippen LogP contribution in [0.15, 0.2) is 58.5 Å². The lowest BCUT2D eigenvalue weighted by Crippen LogP contribution is -2.22. The molecule has 1 heterocycles. The third kappa shape index (κ3) is 4.21. The summed E-state index contributed by atoms with van der Waals surface area (Å²) in [6.07, 6.45) is 2.97. The number of hydrogen-bond donors (Lipinski definition) is 0. The average Bonchev–Trinajstić information content (AvgIpc) is 2.94. The molecule has 0 aliphatic carbocycles. The van der Waals surface area contributed by atoms with E-state index in [2.05, 4.69) is 5.10 Å². The molecule has 0 radical (unpaired) electrons. The minimum absolute atomic E-state index is 0.0792. The minimum Gasteiger partial charge on any atom is -0.497 e. The van der Waals surface area contributed by atoms with E-state index in [1.807, 2.05) is 0 Å². The first kappa shape index (κ1) is 18.7. The van der Waals surface area contributed by atoms with Gasteiger partial charge in [0.25, 0.3) is 11.6 Å². The zero-order valence-electron chi connectivity index (χ0n) is 14.1. The van der Waals surface area contributed by atoms with Crippen LogP contribution in [0.1, 0.15) is 11.1 Å². The number of thioether (sulfide) groups is 1. The Hall–Kier alpha value is -3.04. The van der Waals surface area contributed by atoms with Crippen LogP contribution in [0.5, 0.6) is 5.75 Å². The van der Waals surface area contributed by atoms with E-state index >= 15 is 0 Å². The Morgan fingerprint density at radius 2 is 1.93 bits per heavy atom. The van der Waals surface area contributed by atoms with Crippen LogP contribution in [-0.2, 0) is 4.79 Å². The van der Waals surface area contributed by atoms with Crippen LogP contribution in [0.25, 0.3) is 6.08 Å². The maximum atomic E-state index is 12.6. The van der Waals surface area contributed by atoms with Crippen molar-refractivity contribution < 1.29 is 14.5 Å². The standard InChI is InChI=1S/C18H13N3O4S2/c1-25-14-8-6-12(7-9-14)11-19-20-17(22)16(27-18(20)26)10-13-4-2-3-5-15(13)21(23)24/h2-11H,1H3. The molecule has 0 aromatic heterocycles. The maximum absolute atomic E-state index is 12.6. The Kier molecular flexibility index (Phi) is 5.63.